The largest absolute Gasteiger partial charge is 0.299 e. The minimum atomic E-state index is 0.327. The summed E-state index contributed by atoms with van der Waals surface area (Å²) in [5, 5.41) is 0.708. The summed E-state index contributed by atoms with van der Waals surface area (Å²) in [7, 11) is 0. The van der Waals surface area contributed by atoms with Crippen LogP contribution in [0.2, 0.25) is 5.02 Å². The molecule has 0 heterocycles. The molecule has 0 saturated heterocycles. The monoisotopic (exact) mass is 266 g/mol. The molecule has 0 aromatic heterocycles. The SMILES string of the molecule is CCCCCCCCC(=O)Cc1cccc(Cl)c1. The number of Topliss-reactive ketones (excluding diaryl/α,β-unsaturated/α-hetero) is 1. The van der Waals surface area contributed by atoms with Crippen molar-refractivity contribution in [3.05, 3.63) is 34.9 Å². The fourth-order valence-electron chi connectivity index (χ4n) is 2.07. The van der Waals surface area contributed by atoms with E-state index in [1.54, 1.807) is 0 Å². The molecule has 1 aromatic rings. The van der Waals surface area contributed by atoms with E-state index < -0.39 is 0 Å². The van der Waals surface area contributed by atoms with Crippen LogP contribution in [0.25, 0.3) is 0 Å². The molecule has 0 atom stereocenters. The number of halogens is 1. The molecule has 0 spiro atoms. The summed E-state index contributed by atoms with van der Waals surface area (Å²) in [6, 6.07) is 7.57. The van der Waals surface area contributed by atoms with E-state index in [-0.39, 0.29) is 0 Å². The van der Waals surface area contributed by atoms with Crippen LogP contribution in [0.1, 0.15) is 57.4 Å². The first-order chi connectivity index (χ1) is 8.72. The zero-order chi connectivity index (χ0) is 13.2. The summed E-state index contributed by atoms with van der Waals surface area (Å²) in [5.74, 6) is 0.327. The van der Waals surface area contributed by atoms with Gasteiger partial charge >= 0.3 is 0 Å². The van der Waals surface area contributed by atoms with Gasteiger partial charge in [-0.1, -0.05) is 62.8 Å². The lowest BCUT2D eigenvalue weighted by Gasteiger charge is -2.02. The number of ketones is 1. The summed E-state index contributed by atoms with van der Waals surface area (Å²) < 4.78 is 0. The number of hydrogen-bond donors (Lipinski definition) is 0. The van der Waals surface area contributed by atoms with Gasteiger partial charge in [0.15, 0.2) is 0 Å². The molecule has 100 valence electrons. The number of carbonyl (C=O) groups excluding carboxylic acids is 1. The predicted molar refractivity (Wildman–Crippen MR) is 78.2 cm³/mol. The molecule has 0 N–H and O–H groups in total. The number of hydrogen-bond acceptors (Lipinski definition) is 1. The number of unbranched alkanes of at least 4 members (excludes halogenated alkanes) is 5. The molecular formula is C16H23ClO. The number of carbonyl (C=O) groups is 1. The highest BCUT2D eigenvalue weighted by Gasteiger charge is 2.04. The maximum Gasteiger partial charge on any atom is 0.137 e. The van der Waals surface area contributed by atoms with Gasteiger partial charge in [-0.3, -0.25) is 4.79 Å². The Morgan fingerprint density at radius 1 is 1.11 bits per heavy atom. The minimum Gasteiger partial charge on any atom is -0.299 e. The van der Waals surface area contributed by atoms with E-state index in [9.17, 15) is 4.79 Å². The van der Waals surface area contributed by atoms with E-state index in [1.165, 1.54) is 32.1 Å². The second kappa shape index (κ2) is 9.16. The first-order valence-corrected chi connectivity index (χ1v) is 7.36. The standard InChI is InChI=1S/C16H23ClO/c1-2-3-4-5-6-7-11-16(18)13-14-9-8-10-15(17)12-14/h8-10,12H,2-7,11,13H2,1H3. The van der Waals surface area contributed by atoms with Crippen LogP contribution >= 0.6 is 11.6 Å². The number of rotatable bonds is 9. The van der Waals surface area contributed by atoms with Crippen molar-refractivity contribution in [3.63, 3.8) is 0 Å². The van der Waals surface area contributed by atoms with Gasteiger partial charge < -0.3 is 0 Å². The topological polar surface area (TPSA) is 17.1 Å². The molecule has 0 radical (unpaired) electrons. The van der Waals surface area contributed by atoms with Gasteiger partial charge in [0.2, 0.25) is 0 Å². The highest BCUT2D eigenvalue weighted by molar-refractivity contribution is 6.30. The van der Waals surface area contributed by atoms with Crippen molar-refractivity contribution in [2.45, 2.75) is 58.3 Å². The van der Waals surface area contributed by atoms with E-state index in [4.69, 9.17) is 11.6 Å². The fraction of sp³-hybridized carbons (Fsp3) is 0.562. The van der Waals surface area contributed by atoms with Crippen LogP contribution in [0, 0.1) is 0 Å². The molecule has 0 aliphatic rings. The van der Waals surface area contributed by atoms with Crippen molar-refractivity contribution < 1.29 is 4.79 Å². The van der Waals surface area contributed by atoms with Crippen molar-refractivity contribution in [1.82, 2.24) is 0 Å². The molecule has 0 bridgehead atoms. The zero-order valence-corrected chi connectivity index (χ0v) is 12.0. The summed E-state index contributed by atoms with van der Waals surface area (Å²) in [6.07, 6.45) is 8.60. The molecule has 1 nitrogen and oxygen atoms in total. The van der Waals surface area contributed by atoms with Gasteiger partial charge in [-0.15, -0.1) is 0 Å². The van der Waals surface area contributed by atoms with Gasteiger partial charge in [0, 0.05) is 17.9 Å². The lowest BCUT2D eigenvalue weighted by molar-refractivity contribution is -0.118. The Morgan fingerprint density at radius 3 is 2.56 bits per heavy atom. The quantitative estimate of drug-likeness (QED) is 0.561. The second-order valence-electron chi connectivity index (χ2n) is 4.86. The van der Waals surface area contributed by atoms with Crippen molar-refractivity contribution in [3.8, 4) is 0 Å². The summed E-state index contributed by atoms with van der Waals surface area (Å²) in [5.41, 5.74) is 1.03. The molecule has 18 heavy (non-hydrogen) atoms. The van der Waals surface area contributed by atoms with E-state index >= 15 is 0 Å². The first kappa shape index (κ1) is 15.2. The van der Waals surface area contributed by atoms with Crippen LogP contribution in [-0.2, 0) is 11.2 Å². The summed E-state index contributed by atoms with van der Waals surface area (Å²) in [6.45, 7) is 2.22. The highest BCUT2D eigenvalue weighted by atomic mass is 35.5. The van der Waals surface area contributed by atoms with Crippen molar-refractivity contribution in [1.29, 1.82) is 0 Å². The molecular weight excluding hydrogens is 244 g/mol. The van der Waals surface area contributed by atoms with Crippen LogP contribution in [0.3, 0.4) is 0 Å². The third-order valence-electron chi connectivity index (χ3n) is 3.10. The lowest BCUT2D eigenvalue weighted by Crippen LogP contribution is -2.02. The van der Waals surface area contributed by atoms with Crippen molar-refractivity contribution in [2.75, 3.05) is 0 Å². The second-order valence-corrected chi connectivity index (χ2v) is 5.30. The molecule has 0 aliphatic heterocycles. The van der Waals surface area contributed by atoms with Gasteiger partial charge in [-0.05, 0) is 24.1 Å². The van der Waals surface area contributed by atoms with E-state index in [2.05, 4.69) is 6.92 Å². The Balaban J connectivity index is 2.14. The molecule has 2 heteroatoms. The van der Waals surface area contributed by atoms with Crippen LogP contribution in [0.5, 0.6) is 0 Å². The molecule has 1 aromatic carbocycles. The van der Waals surface area contributed by atoms with Crippen LogP contribution < -0.4 is 0 Å². The maximum absolute atomic E-state index is 11.8. The van der Waals surface area contributed by atoms with Gasteiger partial charge in [-0.25, -0.2) is 0 Å². The normalized spacial score (nSPS) is 10.6. The highest BCUT2D eigenvalue weighted by Crippen LogP contribution is 2.13. The molecule has 0 saturated carbocycles. The zero-order valence-electron chi connectivity index (χ0n) is 11.3. The Labute approximate surface area is 116 Å². The Hall–Kier alpha value is -0.820. The fourth-order valence-corrected chi connectivity index (χ4v) is 2.28. The molecule has 0 aliphatic carbocycles. The van der Waals surface area contributed by atoms with Crippen LogP contribution in [0.15, 0.2) is 24.3 Å². The van der Waals surface area contributed by atoms with Crippen LogP contribution in [-0.4, -0.2) is 5.78 Å². The average Bonchev–Trinajstić information content (AvgIpc) is 2.33. The predicted octanol–water partition coefficient (Wildman–Crippen LogP) is 5.20. The first-order valence-electron chi connectivity index (χ1n) is 6.98. The average molecular weight is 267 g/mol. The molecule has 0 fully saturated rings. The summed E-state index contributed by atoms with van der Waals surface area (Å²) >= 11 is 5.89. The lowest BCUT2D eigenvalue weighted by atomic mass is 10.0. The van der Waals surface area contributed by atoms with Gasteiger partial charge in [0.1, 0.15) is 5.78 Å². The smallest absolute Gasteiger partial charge is 0.137 e. The van der Waals surface area contributed by atoms with Crippen molar-refractivity contribution >= 4 is 17.4 Å². The summed E-state index contributed by atoms with van der Waals surface area (Å²) in [4.78, 5) is 11.8. The maximum atomic E-state index is 11.8. The Morgan fingerprint density at radius 2 is 1.83 bits per heavy atom. The number of benzene rings is 1. The van der Waals surface area contributed by atoms with E-state index in [1.807, 2.05) is 24.3 Å². The molecule has 0 unspecified atom stereocenters. The Bertz CT molecular complexity index is 360. The third kappa shape index (κ3) is 6.80. The minimum absolute atomic E-state index is 0.327. The van der Waals surface area contributed by atoms with Crippen LogP contribution in [0.4, 0.5) is 0 Å². The molecule has 0 amide bonds. The van der Waals surface area contributed by atoms with Gasteiger partial charge in [-0.2, -0.15) is 0 Å². The van der Waals surface area contributed by atoms with Gasteiger partial charge in [0.05, 0.1) is 0 Å². The van der Waals surface area contributed by atoms with Gasteiger partial charge in [0.25, 0.3) is 0 Å². The van der Waals surface area contributed by atoms with E-state index in [0.717, 1.165) is 12.0 Å². The van der Waals surface area contributed by atoms with E-state index in [0.29, 0.717) is 23.6 Å². The van der Waals surface area contributed by atoms with Crippen molar-refractivity contribution in [2.24, 2.45) is 0 Å². The Kier molecular flexibility index (Phi) is 7.75. The molecule has 1 rings (SSSR count). The third-order valence-corrected chi connectivity index (χ3v) is 3.33.